The molecule has 0 bridgehead atoms. The lowest BCUT2D eigenvalue weighted by Gasteiger charge is -2.15. The zero-order valence-corrected chi connectivity index (χ0v) is 11.4. The topological polar surface area (TPSA) is 42.7 Å². The fourth-order valence-corrected chi connectivity index (χ4v) is 2.02. The van der Waals surface area contributed by atoms with Crippen LogP contribution in [0.5, 0.6) is 0 Å². The van der Waals surface area contributed by atoms with Crippen LogP contribution in [-0.4, -0.2) is 14.8 Å². The number of hydrogen-bond donors (Lipinski definition) is 1. The Morgan fingerprint density at radius 1 is 1.30 bits per heavy atom. The van der Waals surface area contributed by atoms with E-state index in [2.05, 4.69) is 15.4 Å². The molecular weight excluding hydrogens is 269 g/mol. The number of nitrogens with zero attached hydrogens (tertiary/aromatic N) is 3. The summed E-state index contributed by atoms with van der Waals surface area (Å²) in [6, 6.07) is 2.27. The summed E-state index contributed by atoms with van der Waals surface area (Å²) in [5.74, 6) is 0. The van der Waals surface area contributed by atoms with Crippen LogP contribution in [0.25, 0.3) is 0 Å². The van der Waals surface area contributed by atoms with Crippen LogP contribution in [0.3, 0.4) is 0 Å². The molecule has 0 aliphatic carbocycles. The third kappa shape index (κ3) is 3.09. The van der Waals surface area contributed by atoms with Gasteiger partial charge in [-0.25, -0.2) is 4.98 Å². The highest BCUT2D eigenvalue weighted by Crippen LogP contribution is 2.28. The number of hydrogen-bond acceptors (Lipinski definition) is 3. The van der Waals surface area contributed by atoms with Gasteiger partial charge in [-0.2, -0.15) is 18.3 Å². The smallest absolute Gasteiger partial charge is 0.377 e. The van der Waals surface area contributed by atoms with E-state index in [1.54, 1.807) is 4.68 Å². The molecule has 0 saturated heterocycles. The molecule has 1 atom stereocenters. The Hall–Kier alpha value is -2.05. The van der Waals surface area contributed by atoms with Crippen LogP contribution < -0.4 is 5.32 Å². The van der Waals surface area contributed by atoms with Crippen LogP contribution in [0.4, 0.5) is 18.9 Å². The first-order valence-corrected chi connectivity index (χ1v) is 6.07. The van der Waals surface area contributed by atoms with Gasteiger partial charge >= 0.3 is 6.18 Å². The second kappa shape index (κ2) is 5.15. The number of alkyl halides is 3. The number of aryl methyl sites for hydroxylation is 2. The molecule has 7 heteroatoms. The van der Waals surface area contributed by atoms with E-state index < -0.39 is 11.9 Å². The maximum Gasteiger partial charge on any atom is 0.433 e. The van der Waals surface area contributed by atoms with E-state index >= 15 is 0 Å². The molecule has 2 aromatic rings. The highest BCUT2D eigenvalue weighted by atomic mass is 19.4. The molecule has 4 nitrogen and oxygen atoms in total. The van der Waals surface area contributed by atoms with E-state index in [9.17, 15) is 13.2 Å². The molecule has 108 valence electrons. The second-order valence-electron chi connectivity index (χ2n) is 4.64. The summed E-state index contributed by atoms with van der Waals surface area (Å²) in [5, 5.41) is 7.34. The summed E-state index contributed by atoms with van der Waals surface area (Å²) in [6.07, 6.45) is -1.35. The molecule has 0 fully saturated rings. The number of anilines is 1. The number of aromatic nitrogens is 3. The Morgan fingerprint density at radius 2 is 2.00 bits per heavy atom. The lowest BCUT2D eigenvalue weighted by molar-refractivity contribution is -0.141. The van der Waals surface area contributed by atoms with Crippen molar-refractivity contribution in [3.8, 4) is 0 Å². The molecule has 0 aliphatic rings. The van der Waals surface area contributed by atoms with E-state index in [0.29, 0.717) is 5.69 Å². The van der Waals surface area contributed by atoms with Gasteiger partial charge in [-0.3, -0.25) is 4.68 Å². The van der Waals surface area contributed by atoms with Crippen LogP contribution in [0.15, 0.2) is 24.5 Å². The summed E-state index contributed by atoms with van der Waals surface area (Å²) in [5.41, 5.74) is 1.52. The average Bonchev–Trinajstić information content (AvgIpc) is 2.68. The van der Waals surface area contributed by atoms with Crippen molar-refractivity contribution in [1.82, 2.24) is 14.8 Å². The van der Waals surface area contributed by atoms with E-state index in [1.807, 2.05) is 27.1 Å². The predicted molar refractivity (Wildman–Crippen MR) is 69.2 cm³/mol. The molecular formula is C13H15F3N4. The van der Waals surface area contributed by atoms with Gasteiger partial charge in [0.15, 0.2) is 0 Å². The van der Waals surface area contributed by atoms with Gasteiger partial charge in [-0.15, -0.1) is 0 Å². The summed E-state index contributed by atoms with van der Waals surface area (Å²) in [6.45, 7) is 3.81. The summed E-state index contributed by atoms with van der Waals surface area (Å²) < 4.78 is 38.9. The molecule has 0 aromatic carbocycles. The number of nitrogens with one attached hydrogen (secondary N) is 1. The molecule has 1 N–H and O–H groups in total. The molecule has 0 radical (unpaired) electrons. The van der Waals surface area contributed by atoms with Crippen LogP contribution in [0.1, 0.15) is 29.9 Å². The Morgan fingerprint density at radius 3 is 2.45 bits per heavy atom. The molecule has 1 unspecified atom stereocenters. The van der Waals surface area contributed by atoms with Gasteiger partial charge in [0, 0.05) is 18.8 Å². The fourth-order valence-electron chi connectivity index (χ4n) is 2.02. The van der Waals surface area contributed by atoms with Crippen LogP contribution >= 0.6 is 0 Å². The monoisotopic (exact) mass is 284 g/mol. The second-order valence-corrected chi connectivity index (χ2v) is 4.64. The molecule has 0 aliphatic heterocycles. The van der Waals surface area contributed by atoms with Gasteiger partial charge < -0.3 is 5.32 Å². The number of halogens is 3. The van der Waals surface area contributed by atoms with Gasteiger partial charge in [0.05, 0.1) is 23.6 Å². The summed E-state index contributed by atoms with van der Waals surface area (Å²) in [4.78, 5) is 3.42. The van der Waals surface area contributed by atoms with Gasteiger partial charge in [0.1, 0.15) is 5.69 Å². The minimum absolute atomic E-state index is 0.0674. The van der Waals surface area contributed by atoms with E-state index in [1.165, 1.54) is 12.3 Å². The van der Waals surface area contributed by atoms with Crippen molar-refractivity contribution >= 4 is 5.69 Å². The van der Waals surface area contributed by atoms with Crippen molar-refractivity contribution in [1.29, 1.82) is 0 Å². The quantitative estimate of drug-likeness (QED) is 0.940. The maximum absolute atomic E-state index is 12.4. The number of rotatable bonds is 3. The third-order valence-corrected chi connectivity index (χ3v) is 2.96. The molecule has 2 rings (SSSR count). The average molecular weight is 284 g/mol. The van der Waals surface area contributed by atoms with E-state index in [0.717, 1.165) is 17.3 Å². The van der Waals surface area contributed by atoms with Crippen molar-refractivity contribution in [2.75, 3.05) is 5.32 Å². The van der Waals surface area contributed by atoms with Crippen molar-refractivity contribution in [2.45, 2.75) is 26.1 Å². The fraction of sp³-hybridized carbons (Fsp3) is 0.385. The first kappa shape index (κ1) is 14.4. The number of pyridine rings is 1. The molecule has 2 aromatic heterocycles. The summed E-state index contributed by atoms with van der Waals surface area (Å²) >= 11 is 0. The van der Waals surface area contributed by atoms with Gasteiger partial charge in [-0.05, 0) is 26.0 Å². The maximum atomic E-state index is 12.4. The van der Waals surface area contributed by atoms with E-state index in [4.69, 9.17) is 0 Å². The molecule has 0 amide bonds. The SMILES string of the molecule is Cc1nn(C)cc1C(C)Nc1ccc(C(F)(F)F)nc1. The Labute approximate surface area is 114 Å². The normalized spacial score (nSPS) is 13.3. The minimum Gasteiger partial charge on any atom is -0.377 e. The van der Waals surface area contributed by atoms with Crippen molar-refractivity contribution in [3.63, 3.8) is 0 Å². The zero-order valence-electron chi connectivity index (χ0n) is 11.4. The minimum atomic E-state index is -4.41. The Bertz CT molecular complexity index is 587. The largest absolute Gasteiger partial charge is 0.433 e. The standard InChI is InChI=1S/C13H15F3N4/c1-8(11-7-20(3)19-9(11)2)18-10-4-5-12(17-6-10)13(14,15)16/h4-8,18H,1-3H3. The first-order chi connectivity index (χ1) is 9.27. The summed E-state index contributed by atoms with van der Waals surface area (Å²) in [7, 11) is 1.82. The lowest BCUT2D eigenvalue weighted by Crippen LogP contribution is -2.10. The van der Waals surface area contributed by atoms with Crippen LogP contribution in [-0.2, 0) is 13.2 Å². The Balaban J connectivity index is 2.12. The molecule has 0 spiro atoms. The first-order valence-electron chi connectivity index (χ1n) is 6.07. The van der Waals surface area contributed by atoms with Crippen molar-refractivity contribution < 1.29 is 13.2 Å². The molecule has 0 saturated carbocycles. The van der Waals surface area contributed by atoms with Crippen LogP contribution in [0.2, 0.25) is 0 Å². The predicted octanol–water partition coefficient (Wildman–Crippen LogP) is 3.32. The lowest BCUT2D eigenvalue weighted by atomic mass is 10.1. The van der Waals surface area contributed by atoms with Gasteiger partial charge in [0.2, 0.25) is 0 Å². The van der Waals surface area contributed by atoms with Crippen molar-refractivity contribution in [2.24, 2.45) is 7.05 Å². The highest BCUT2D eigenvalue weighted by Gasteiger charge is 2.32. The third-order valence-electron chi connectivity index (χ3n) is 2.96. The van der Waals surface area contributed by atoms with Crippen molar-refractivity contribution in [3.05, 3.63) is 41.5 Å². The zero-order chi connectivity index (χ0) is 14.9. The van der Waals surface area contributed by atoms with Gasteiger partial charge in [-0.1, -0.05) is 0 Å². The van der Waals surface area contributed by atoms with Gasteiger partial charge in [0.25, 0.3) is 0 Å². The molecule has 20 heavy (non-hydrogen) atoms. The van der Waals surface area contributed by atoms with Crippen LogP contribution in [0, 0.1) is 6.92 Å². The highest BCUT2D eigenvalue weighted by molar-refractivity contribution is 5.44. The van der Waals surface area contributed by atoms with E-state index in [-0.39, 0.29) is 6.04 Å². The molecule has 2 heterocycles. The Kier molecular flexibility index (Phi) is 3.69.